The Morgan fingerprint density at radius 3 is 0.417 bits per heavy atom. The minimum absolute atomic E-state index is 0. The van der Waals surface area contributed by atoms with Gasteiger partial charge >= 0.3 is 118 Å². The summed E-state index contributed by atoms with van der Waals surface area (Å²) in [6, 6.07) is 0. The summed E-state index contributed by atoms with van der Waals surface area (Å²) in [4.78, 5) is 0. The first kappa shape index (κ1) is 80.7. The molecule has 0 radical (unpaired) electrons. The Kier molecular flexibility index (Phi) is 79.0. The van der Waals surface area contributed by atoms with Crippen LogP contribution in [0.3, 0.4) is 0 Å². The normalized spacial score (nSPS) is 11.1. The van der Waals surface area contributed by atoms with E-state index in [4.69, 9.17) is 0 Å². The van der Waals surface area contributed by atoms with Crippen molar-refractivity contribution in [1.29, 1.82) is 0 Å². The summed E-state index contributed by atoms with van der Waals surface area (Å²) < 4.78 is 123. The summed E-state index contributed by atoms with van der Waals surface area (Å²) in [6.07, 6.45) is 34.6. The predicted molar refractivity (Wildman–Crippen MR) is 229 cm³/mol. The zero-order valence-electron chi connectivity index (χ0n) is 40.0. The van der Waals surface area contributed by atoms with Crippen LogP contribution in [0.2, 0.25) is 0 Å². The molecule has 0 aliphatic carbocycles. The Morgan fingerprint density at radius 1 is 0.217 bits per heavy atom. The van der Waals surface area contributed by atoms with Crippen LogP contribution in [0.4, 0.5) is 0 Å². The average molecular weight is 977 g/mol. The van der Waals surface area contributed by atoms with Gasteiger partial charge in [-0.2, -0.15) is 0 Å². The molecular formula is C40H84Na4O12S4. The number of unbranched alkanes of at least 4 members (excludes halogenated alkanes) is 28. The molecule has 12 nitrogen and oxygen atoms in total. The zero-order chi connectivity index (χ0) is 43.5. The van der Waals surface area contributed by atoms with Crippen LogP contribution in [-0.2, 0) is 40.5 Å². The monoisotopic (exact) mass is 976 g/mol. The standard InChI is InChI=1S/4C10H22O3S.4Na/c4*1-2-3-4-5-6-7-8-9-10-14(11,12)13;;;;/h4*2-10H2,1H3,(H,11,12,13);;;;/q;;;;4*+1/p-4. The third-order valence-corrected chi connectivity index (χ3v) is 12.1. The fourth-order valence-corrected chi connectivity index (χ4v) is 7.88. The Hall–Kier alpha value is 3.64. The molecule has 0 aromatic carbocycles. The second-order valence-corrected chi connectivity index (χ2v) is 21.0. The molecule has 0 saturated heterocycles. The van der Waals surface area contributed by atoms with Gasteiger partial charge in [0, 0.05) is 23.0 Å². The van der Waals surface area contributed by atoms with Crippen LogP contribution in [0.1, 0.15) is 233 Å². The van der Waals surface area contributed by atoms with Crippen LogP contribution in [0.15, 0.2) is 0 Å². The van der Waals surface area contributed by atoms with Gasteiger partial charge in [0.15, 0.2) is 0 Å². The van der Waals surface area contributed by atoms with Crippen LogP contribution in [0, 0.1) is 0 Å². The van der Waals surface area contributed by atoms with E-state index in [2.05, 4.69) is 27.7 Å². The van der Waals surface area contributed by atoms with Gasteiger partial charge in [-0.25, -0.2) is 33.7 Å². The van der Waals surface area contributed by atoms with Gasteiger partial charge in [-0.15, -0.1) is 0 Å². The van der Waals surface area contributed by atoms with Crippen molar-refractivity contribution < 1.29 is 170 Å². The topological polar surface area (TPSA) is 229 Å². The molecule has 0 fully saturated rings. The molecule has 344 valence electrons. The molecule has 0 unspecified atom stereocenters. The van der Waals surface area contributed by atoms with Crippen molar-refractivity contribution in [2.45, 2.75) is 233 Å². The second-order valence-electron chi connectivity index (χ2n) is 14.9. The number of rotatable bonds is 36. The first-order valence-electron chi connectivity index (χ1n) is 22.0. The van der Waals surface area contributed by atoms with Gasteiger partial charge in [0.1, 0.15) is 0 Å². The molecule has 0 bridgehead atoms. The van der Waals surface area contributed by atoms with Crippen LogP contribution >= 0.6 is 0 Å². The van der Waals surface area contributed by atoms with E-state index in [1.165, 1.54) is 128 Å². The van der Waals surface area contributed by atoms with Gasteiger partial charge in [0.05, 0.1) is 40.5 Å². The minimum Gasteiger partial charge on any atom is -0.748 e. The van der Waals surface area contributed by atoms with Crippen molar-refractivity contribution in [2.24, 2.45) is 0 Å². The summed E-state index contributed by atoms with van der Waals surface area (Å²) in [5.74, 6) is -0.770. The fraction of sp³-hybridized carbons (Fsp3) is 1.00. The van der Waals surface area contributed by atoms with Crippen molar-refractivity contribution in [3.63, 3.8) is 0 Å². The Morgan fingerprint density at radius 2 is 0.317 bits per heavy atom. The Bertz CT molecular complexity index is 1050. The van der Waals surface area contributed by atoms with Crippen molar-refractivity contribution >= 4 is 40.5 Å². The van der Waals surface area contributed by atoms with Gasteiger partial charge in [0.2, 0.25) is 0 Å². The quantitative estimate of drug-likeness (QED) is 0.0406. The summed E-state index contributed by atoms with van der Waals surface area (Å²) in [7, 11) is -15.9. The molecule has 0 aromatic rings. The summed E-state index contributed by atoms with van der Waals surface area (Å²) in [5, 5.41) is 0. The first-order valence-corrected chi connectivity index (χ1v) is 28.3. The molecule has 0 aliphatic rings. The Labute approximate surface area is 460 Å². The van der Waals surface area contributed by atoms with Crippen LogP contribution in [-0.4, -0.2) is 74.9 Å². The van der Waals surface area contributed by atoms with Crippen molar-refractivity contribution in [3.8, 4) is 0 Å². The molecule has 0 aliphatic heterocycles. The molecule has 0 spiro atoms. The number of hydrogen-bond donors (Lipinski definition) is 0. The molecule has 0 atom stereocenters. The number of hydrogen-bond acceptors (Lipinski definition) is 12. The van der Waals surface area contributed by atoms with Crippen molar-refractivity contribution in [3.05, 3.63) is 0 Å². The summed E-state index contributed by atoms with van der Waals surface area (Å²) in [6.45, 7) is 8.72. The van der Waals surface area contributed by atoms with E-state index >= 15 is 0 Å². The third kappa shape index (κ3) is 99.9. The van der Waals surface area contributed by atoms with Gasteiger partial charge in [-0.3, -0.25) is 0 Å². The average Bonchev–Trinajstić information content (AvgIpc) is 3.08. The second kappa shape index (κ2) is 58.8. The molecule has 0 heterocycles. The smallest absolute Gasteiger partial charge is 0.748 e. The minimum atomic E-state index is -3.98. The van der Waals surface area contributed by atoms with E-state index in [-0.39, 0.29) is 141 Å². The van der Waals surface area contributed by atoms with Crippen LogP contribution in [0.5, 0.6) is 0 Å². The first-order chi connectivity index (χ1) is 26.2. The van der Waals surface area contributed by atoms with Gasteiger partial charge in [-0.1, -0.05) is 207 Å². The fourth-order valence-electron chi connectivity index (χ4n) is 5.65. The van der Waals surface area contributed by atoms with E-state index in [0.29, 0.717) is 25.7 Å². The summed E-state index contributed by atoms with van der Waals surface area (Å²) >= 11 is 0. The van der Waals surface area contributed by atoms with Gasteiger partial charge in [0.25, 0.3) is 0 Å². The van der Waals surface area contributed by atoms with E-state index in [1.54, 1.807) is 0 Å². The van der Waals surface area contributed by atoms with Crippen LogP contribution < -0.4 is 118 Å². The maximum Gasteiger partial charge on any atom is 1.00 e. The zero-order valence-corrected chi connectivity index (χ0v) is 51.3. The largest absolute Gasteiger partial charge is 1.00 e. The molecule has 60 heavy (non-hydrogen) atoms. The molecule has 0 rings (SSSR count). The SMILES string of the molecule is CCCCCCCCCCS(=O)(=O)[O-].CCCCCCCCCCS(=O)(=O)[O-].CCCCCCCCCCS(=O)(=O)[O-].CCCCCCCCCCS(=O)(=O)[O-].[Na+].[Na+].[Na+].[Na+]. The van der Waals surface area contributed by atoms with Gasteiger partial charge in [-0.05, 0) is 25.7 Å². The van der Waals surface area contributed by atoms with E-state index in [9.17, 15) is 51.9 Å². The van der Waals surface area contributed by atoms with E-state index in [1.807, 2.05) is 0 Å². The molecular weight excluding hydrogens is 893 g/mol. The molecule has 0 amide bonds. The summed E-state index contributed by atoms with van der Waals surface area (Å²) in [5.41, 5.74) is 0. The van der Waals surface area contributed by atoms with E-state index in [0.717, 1.165) is 51.4 Å². The maximum atomic E-state index is 10.2. The van der Waals surface area contributed by atoms with E-state index < -0.39 is 40.5 Å². The van der Waals surface area contributed by atoms with Gasteiger partial charge < -0.3 is 18.2 Å². The van der Waals surface area contributed by atoms with Crippen molar-refractivity contribution in [2.75, 3.05) is 23.0 Å². The molecule has 0 saturated carbocycles. The third-order valence-electron chi connectivity index (χ3n) is 8.99. The predicted octanol–water partition coefficient (Wildman–Crippen LogP) is -1.29. The molecule has 0 N–H and O–H groups in total. The Balaban J connectivity index is -0.0000000980. The van der Waals surface area contributed by atoms with Crippen molar-refractivity contribution in [1.82, 2.24) is 0 Å². The van der Waals surface area contributed by atoms with Crippen LogP contribution in [0.25, 0.3) is 0 Å². The molecule has 0 aromatic heterocycles. The molecule has 20 heteroatoms. The maximum absolute atomic E-state index is 10.2.